The van der Waals surface area contributed by atoms with Crippen LogP contribution in [0.1, 0.15) is 55.4 Å². The molecule has 0 aliphatic carbocycles. The molecule has 0 aromatic heterocycles. The molecule has 0 aromatic carbocycles. The number of hydrogen-bond acceptors (Lipinski definition) is 3. The lowest BCUT2D eigenvalue weighted by molar-refractivity contribution is -0.114. The molecule has 0 radical (unpaired) electrons. The third-order valence-corrected chi connectivity index (χ3v) is 1.81. The van der Waals surface area contributed by atoms with Gasteiger partial charge in [0, 0.05) is 0 Å². The standard InChI is InChI=1S/C14H30O3/c1-11(16-13(3,4)5)9-15-10-12(2)17-14(6,7)8/h11-12H,9-10H2,1-8H3. The summed E-state index contributed by atoms with van der Waals surface area (Å²) in [5, 5.41) is 0. The van der Waals surface area contributed by atoms with Crippen molar-refractivity contribution in [2.75, 3.05) is 13.2 Å². The number of rotatable bonds is 6. The van der Waals surface area contributed by atoms with E-state index in [2.05, 4.69) is 41.5 Å². The van der Waals surface area contributed by atoms with Crippen molar-refractivity contribution < 1.29 is 14.2 Å². The zero-order chi connectivity index (χ0) is 13.7. The van der Waals surface area contributed by atoms with Crippen LogP contribution in [-0.2, 0) is 14.2 Å². The average molecular weight is 246 g/mol. The van der Waals surface area contributed by atoms with Crippen LogP contribution < -0.4 is 0 Å². The van der Waals surface area contributed by atoms with Gasteiger partial charge in [0.25, 0.3) is 0 Å². The smallest absolute Gasteiger partial charge is 0.0787 e. The predicted molar refractivity (Wildman–Crippen MR) is 71.4 cm³/mol. The van der Waals surface area contributed by atoms with Gasteiger partial charge in [-0.2, -0.15) is 0 Å². The second kappa shape index (κ2) is 6.72. The lowest BCUT2D eigenvalue weighted by atomic mass is 10.2. The summed E-state index contributed by atoms with van der Waals surface area (Å²) in [7, 11) is 0. The van der Waals surface area contributed by atoms with Crippen molar-refractivity contribution in [1.82, 2.24) is 0 Å². The molecule has 3 heteroatoms. The van der Waals surface area contributed by atoms with Crippen molar-refractivity contribution in [1.29, 1.82) is 0 Å². The summed E-state index contributed by atoms with van der Waals surface area (Å²) in [6, 6.07) is 0. The van der Waals surface area contributed by atoms with E-state index in [1.54, 1.807) is 0 Å². The Bertz CT molecular complexity index is 178. The highest BCUT2D eigenvalue weighted by molar-refractivity contribution is 4.64. The van der Waals surface area contributed by atoms with Gasteiger partial charge < -0.3 is 14.2 Å². The second-order valence-electron chi connectivity index (χ2n) is 6.62. The van der Waals surface area contributed by atoms with E-state index in [1.165, 1.54) is 0 Å². The van der Waals surface area contributed by atoms with E-state index >= 15 is 0 Å². The summed E-state index contributed by atoms with van der Waals surface area (Å²) in [5.74, 6) is 0. The monoisotopic (exact) mass is 246 g/mol. The van der Waals surface area contributed by atoms with Crippen LogP contribution >= 0.6 is 0 Å². The van der Waals surface area contributed by atoms with Crippen LogP contribution in [0.3, 0.4) is 0 Å². The van der Waals surface area contributed by atoms with Crippen molar-refractivity contribution in [3.63, 3.8) is 0 Å². The van der Waals surface area contributed by atoms with Crippen LogP contribution in [-0.4, -0.2) is 36.6 Å². The molecule has 2 unspecified atom stereocenters. The molecule has 0 spiro atoms. The largest absolute Gasteiger partial charge is 0.376 e. The van der Waals surface area contributed by atoms with Crippen molar-refractivity contribution >= 4 is 0 Å². The quantitative estimate of drug-likeness (QED) is 0.719. The molecule has 0 aliphatic heterocycles. The average Bonchev–Trinajstić information content (AvgIpc) is 1.95. The van der Waals surface area contributed by atoms with Crippen LogP contribution in [0.4, 0.5) is 0 Å². The minimum atomic E-state index is -0.115. The third kappa shape index (κ3) is 12.1. The molecule has 0 saturated heterocycles. The zero-order valence-corrected chi connectivity index (χ0v) is 12.8. The Labute approximate surface area is 107 Å². The van der Waals surface area contributed by atoms with E-state index in [0.29, 0.717) is 13.2 Å². The summed E-state index contributed by atoms with van der Waals surface area (Å²) in [5.41, 5.74) is -0.230. The normalized spacial score (nSPS) is 16.9. The van der Waals surface area contributed by atoms with E-state index in [-0.39, 0.29) is 23.4 Å². The highest BCUT2D eigenvalue weighted by atomic mass is 16.6. The molecule has 17 heavy (non-hydrogen) atoms. The Morgan fingerprint density at radius 1 is 0.706 bits per heavy atom. The highest BCUT2D eigenvalue weighted by Gasteiger charge is 2.17. The Kier molecular flexibility index (Phi) is 6.67. The molecule has 0 aliphatic rings. The maximum atomic E-state index is 5.75. The molecule has 0 amide bonds. The topological polar surface area (TPSA) is 27.7 Å². The lowest BCUT2D eigenvalue weighted by Crippen LogP contribution is -2.31. The molecule has 104 valence electrons. The van der Waals surface area contributed by atoms with E-state index in [9.17, 15) is 0 Å². The number of ether oxygens (including phenoxy) is 3. The second-order valence-corrected chi connectivity index (χ2v) is 6.62. The molecule has 0 saturated carbocycles. The van der Waals surface area contributed by atoms with Crippen molar-refractivity contribution in [3.8, 4) is 0 Å². The van der Waals surface area contributed by atoms with E-state index in [4.69, 9.17) is 14.2 Å². The Morgan fingerprint density at radius 3 is 1.24 bits per heavy atom. The fourth-order valence-corrected chi connectivity index (χ4v) is 1.68. The lowest BCUT2D eigenvalue weighted by Gasteiger charge is -2.27. The summed E-state index contributed by atoms with van der Waals surface area (Å²) < 4.78 is 17.1. The van der Waals surface area contributed by atoms with E-state index in [1.807, 2.05) is 13.8 Å². The van der Waals surface area contributed by atoms with E-state index in [0.717, 1.165) is 0 Å². The van der Waals surface area contributed by atoms with Crippen LogP contribution in [0, 0.1) is 0 Å². The van der Waals surface area contributed by atoms with E-state index < -0.39 is 0 Å². The minimum Gasteiger partial charge on any atom is -0.376 e. The number of hydrogen-bond donors (Lipinski definition) is 0. The van der Waals surface area contributed by atoms with Gasteiger partial charge in [-0.3, -0.25) is 0 Å². The first-order chi connectivity index (χ1) is 7.49. The van der Waals surface area contributed by atoms with Gasteiger partial charge >= 0.3 is 0 Å². The molecular formula is C14H30O3. The van der Waals surface area contributed by atoms with Gasteiger partial charge in [0.1, 0.15) is 0 Å². The molecule has 2 atom stereocenters. The molecule has 0 N–H and O–H groups in total. The van der Waals surface area contributed by atoms with Gasteiger partial charge in [0.15, 0.2) is 0 Å². The molecule has 0 fully saturated rings. The van der Waals surface area contributed by atoms with Gasteiger partial charge in [-0.25, -0.2) is 0 Å². The Balaban J connectivity index is 3.70. The summed E-state index contributed by atoms with van der Waals surface area (Å²) in [6.45, 7) is 17.6. The van der Waals surface area contributed by atoms with Gasteiger partial charge in [0.2, 0.25) is 0 Å². The molecule has 0 heterocycles. The first-order valence-electron chi connectivity index (χ1n) is 6.43. The van der Waals surface area contributed by atoms with Gasteiger partial charge in [-0.1, -0.05) is 0 Å². The highest BCUT2D eigenvalue weighted by Crippen LogP contribution is 2.12. The first-order valence-corrected chi connectivity index (χ1v) is 6.43. The molecule has 0 aromatic rings. The fourth-order valence-electron chi connectivity index (χ4n) is 1.68. The summed E-state index contributed by atoms with van der Waals surface area (Å²) in [4.78, 5) is 0. The molecule has 3 nitrogen and oxygen atoms in total. The van der Waals surface area contributed by atoms with Crippen molar-refractivity contribution in [2.24, 2.45) is 0 Å². The Morgan fingerprint density at radius 2 is 1.00 bits per heavy atom. The van der Waals surface area contributed by atoms with Crippen LogP contribution in [0.5, 0.6) is 0 Å². The van der Waals surface area contributed by atoms with Crippen molar-refractivity contribution in [2.45, 2.75) is 78.8 Å². The third-order valence-electron chi connectivity index (χ3n) is 1.81. The maximum Gasteiger partial charge on any atom is 0.0787 e. The van der Waals surface area contributed by atoms with Gasteiger partial charge in [-0.05, 0) is 55.4 Å². The molecular weight excluding hydrogens is 216 g/mol. The first kappa shape index (κ1) is 16.9. The SMILES string of the molecule is CC(COCC(C)OC(C)(C)C)OC(C)(C)C. The predicted octanol–water partition coefficient (Wildman–Crippen LogP) is 3.41. The van der Waals surface area contributed by atoms with Gasteiger partial charge in [-0.15, -0.1) is 0 Å². The summed E-state index contributed by atoms with van der Waals surface area (Å²) >= 11 is 0. The molecule has 0 bridgehead atoms. The summed E-state index contributed by atoms with van der Waals surface area (Å²) in [6.07, 6.45) is 0.216. The fraction of sp³-hybridized carbons (Fsp3) is 1.00. The molecule has 0 rings (SSSR count). The Hall–Kier alpha value is -0.120. The van der Waals surface area contributed by atoms with Gasteiger partial charge in [0.05, 0.1) is 36.6 Å². The van der Waals surface area contributed by atoms with Crippen LogP contribution in [0.15, 0.2) is 0 Å². The minimum absolute atomic E-state index is 0.108. The zero-order valence-electron chi connectivity index (χ0n) is 12.8. The van der Waals surface area contributed by atoms with Crippen LogP contribution in [0.25, 0.3) is 0 Å². The van der Waals surface area contributed by atoms with Crippen molar-refractivity contribution in [3.05, 3.63) is 0 Å². The van der Waals surface area contributed by atoms with Crippen LogP contribution in [0.2, 0.25) is 0 Å². The maximum absolute atomic E-state index is 5.75.